The first-order chi connectivity index (χ1) is 13.9. The van der Waals surface area contributed by atoms with Gasteiger partial charge in [0.25, 0.3) is 0 Å². The molecule has 29 heavy (non-hydrogen) atoms. The van der Waals surface area contributed by atoms with E-state index in [1.807, 2.05) is 6.07 Å². The molecular formula is C19H15ClFN3O4S. The Kier molecular flexibility index (Phi) is 6.84. The lowest BCUT2D eigenvalue weighted by atomic mass is 10.2. The Labute approximate surface area is 174 Å². The molecule has 2 aromatic carbocycles. The number of rotatable bonds is 7. The number of nitrogens with zero attached hydrogens (tertiary/aromatic N) is 2. The first-order valence-corrected chi connectivity index (χ1v) is 9.64. The second-order valence-electron chi connectivity index (χ2n) is 5.91. The summed E-state index contributed by atoms with van der Waals surface area (Å²) in [5.41, 5.74) is 1.22. The number of amides is 1. The predicted octanol–water partition coefficient (Wildman–Crippen LogP) is 3.45. The molecule has 1 saturated heterocycles. The van der Waals surface area contributed by atoms with Gasteiger partial charge in [-0.2, -0.15) is 5.10 Å². The van der Waals surface area contributed by atoms with Gasteiger partial charge < -0.3 is 15.2 Å². The number of benzene rings is 2. The summed E-state index contributed by atoms with van der Waals surface area (Å²) < 4.78 is 19.3. The Bertz CT molecular complexity index is 999. The molecule has 1 atom stereocenters. The summed E-state index contributed by atoms with van der Waals surface area (Å²) in [5, 5.41) is 19.0. The molecule has 1 aliphatic rings. The van der Waals surface area contributed by atoms with Crippen LogP contribution in [-0.4, -0.2) is 33.6 Å². The predicted molar refractivity (Wildman–Crippen MR) is 109 cm³/mol. The molecule has 3 rings (SSSR count). The largest absolute Gasteiger partial charge is 0.488 e. The molecule has 1 aliphatic heterocycles. The standard InChI is InChI=1S/C19H15ClFN3O4S/c20-14-4-2-1-3-12(14)10-28-15-7-13(21)6-5-11(15)9-22-24-19-23-18(27)16(29-19)8-17(25)26/h1-7,9,16H,8,10H2,(H,25,26)(H,23,24,27). The molecule has 0 saturated carbocycles. The van der Waals surface area contributed by atoms with E-state index in [4.69, 9.17) is 21.4 Å². The van der Waals surface area contributed by atoms with Gasteiger partial charge in [-0.05, 0) is 18.2 Å². The highest BCUT2D eigenvalue weighted by Gasteiger charge is 2.32. The fourth-order valence-electron chi connectivity index (χ4n) is 2.40. The number of carboxylic acid groups (broad SMARTS) is 1. The second-order valence-corrected chi connectivity index (χ2v) is 7.50. The van der Waals surface area contributed by atoms with Crippen LogP contribution in [0.5, 0.6) is 5.75 Å². The average Bonchev–Trinajstić information content (AvgIpc) is 3.01. The van der Waals surface area contributed by atoms with E-state index in [1.54, 1.807) is 18.2 Å². The fourth-order valence-corrected chi connectivity index (χ4v) is 3.50. The second kappa shape index (κ2) is 9.53. The monoisotopic (exact) mass is 435 g/mol. The molecular weight excluding hydrogens is 421 g/mol. The number of carbonyl (C=O) groups excluding carboxylic acids is 1. The summed E-state index contributed by atoms with van der Waals surface area (Å²) >= 11 is 7.09. The van der Waals surface area contributed by atoms with Crippen LogP contribution in [0, 0.1) is 5.82 Å². The maximum Gasteiger partial charge on any atom is 0.305 e. The van der Waals surface area contributed by atoms with Crippen LogP contribution < -0.4 is 10.1 Å². The minimum atomic E-state index is -1.07. The van der Waals surface area contributed by atoms with Crippen molar-refractivity contribution in [2.45, 2.75) is 18.3 Å². The first kappa shape index (κ1) is 20.8. The maximum absolute atomic E-state index is 13.6. The number of carboxylic acids is 1. The average molecular weight is 436 g/mol. The van der Waals surface area contributed by atoms with Crippen LogP contribution in [0.3, 0.4) is 0 Å². The van der Waals surface area contributed by atoms with Crippen LogP contribution in [0.15, 0.2) is 52.7 Å². The SMILES string of the molecule is O=C(O)CC1SC(=NN=Cc2ccc(F)cc2OCc2ccccc2Cl)NC1=O. The minimum absolute atomic E-state index is 0.140. The summed E-state index contributed by atoms with van der Waals surface area (Å²) in [5.74, 6) is -1.73. The van der Waals surface area contributed by atoms with Gasteiger partial charge in [-0.25, -0.2) is 4.39 Å². The van der Waals surface area contributed by atoms with Gasteiger partial charge in [-0.1, -0.05) is 41.6 Å². The van der Waals surface area contributed by atoms with E-state index >= 15 is 0 Å². The van der Waals surface area contributed by atoms with Gasteiger partial charge >= 0.3 is 5.97 Å². The van der Waals surface area contributed by atoms with Crippen molar-refractivity contribution in [3.05, 3.63) is 64.4 Å². The van der Waals surface area contributed by atoms with Crippen LogP contribution in [0.25, 0.3) is 0 Å². The zero-order chi connectivity index (χ0) is 20.8. The molecule has 0 aromatic heterocycles. The van der Waals surface area contributed by atoms with E-state index in [2.05, 4.69) is 15.5 Å². The molecule has 2 N–H and O–H groups in total. The Morgan fingerprint density at radius 3 is 2.90 bits per heavy atom. The summed E-state index contributed by atoms with van der Waals surface area (Å²) in [6.45, 7) is 0.140. The van der Waals surface area contributed by atoms with E-state index in [0.29, 0.717) is 10.6 Å². The summed E-state index contributed by atoms with van der Waals surface area (Å²) in [6, 6.07) is 11.1. The highest BCUT2D eigenvalue weighted by atomic mass is 35.5. The topological polar surface area (TPSA) is 100 Å². The Morgan fingerprint density at radius 1 is 1.34 bits per heavy atom. The smallest absolute Gasteiger partial charge is 0.305 e. The van der Waals surface area contributed by atoms with Crippen molar-refractivity contribution >= 4 is 46.6 Å². The maximum atomic E-state index is 13.6. The number of carbonyl (C=O) groups is 2. The summed E-state index contributed by atoms with van der Waals surface area (Å²) in [6.07, 6.45) is 1.04. The van der Waals surface area contributed by atoms with Crippen molar-refractivity contribution < 1.29 is 23.8 Å². The van der Waals surface area contributed by atoms with Gasteiger partial charge in [0.05, 0.1) is 12.6 Å². The van der Waals surface area contributed by atoms with Crippen LogP contribution in [0.1, 0.15) is 17.5 Å². The molecule has 1 amide bonds. The number of ether oxygens (including phenoxy) is 1. The molecule has 1 unspecified atom stereocenters. The minimum Gasteiger partial charge on any atom is -0.488 e. The van der Waals surface area contributed by atoms with Crippen molar-refractivity contribution in [2.24, 2.45) is 10.2 Å². The Hall–Kier alpha value is -2.91. The molecule has 0 radical (unpaired) electrons. The lowest BCUT2D eigenvalue weighted by Gasteiger charge is -2.10. The molecule has 0 aliphatic carbocycles. The lowest BCUT2D eigenvalue weighted by Crippen LogP contribution is -2.26. The lowest BCUT2D eigenvalue weighted by molar-refractivity contribution is -0.138. The number of hydrogen-bond acceptors (Lipinski definition) is 6. The van der Waals surface area contributed by atoms with Gasteiger partial charge in [0.2, 0.25) is 5.91 Å². The molecule has 0 spiro atoms. The molecule has 1 heterocycles. The molecule has 0 bridgehead atoms. The molecule has 1 fully saturated rings. The number of amidine groups is 1. The van der Waals surface area contributed by atoms with Crippen LogP contribution >= 0.6 is 23.4 Å². The fraction of sp³-hybridized carbons (Fsp3) is 0.158. The van der Waals surface area contributed by atoms with Crippen molar-refractivity contribution in [1.29, 1.82) is 0 Å². The molecule has 7 nitrogen and oxygen atoms in total. The number of thioether (sulfide) groups is 1. The highest BCUT2D eigenvalue weighted by Crippen LogP contribution is 2.24. The number of nitrogens with one attached hydrogen (secondary N) is 1. The number of halogens is 2. The van der Waals surface area contributed by atoms with Crippen molar-refractivity contribution in [2.75, 3.05) is 0 Å². The zero-order valence-electron chi connectivity index (χ0n) is 14.8. The van der Waals surface area contributed by atoms with Gasteiger partial charge in [-0.3, -0.25) is 9.59 Å². The summed E-state index contributed by atoms with van der Waals surface area (Å²) in [4.78, 5) is 22.4. The van der Waals surface area contributed by atoms with Crippen molar-refractivity contribution in [3.8, 4) is 5.75 Å². The third kappa shape index (κ3) is 5.78. The Balaban J connectivity index is 1.70. The van der Waals surface area contributed by atoms with E-state index in [-0.39, 0.29) is 23.9 Å². The van der Waals surface area contributed by atoms with Gasteiger partial charge in [0.15, 0.2) is 5.17 Å². The van der Waals surface area contributed by atoms with Gasteiger partial charge in [0.1, 0.15) is 23.4 Å². The normalized spacial score (nSPS) is 17.7. The number of hydrogen-bond donors (Lipinski definition) is 2. The van der Waals surface area contributed by atoms with Crippen LogP contribution in [0.4, 0.5) is 4.39 Å². The van der Waals surface area contributed by atoms with Gasteiger partial charge in [0, 0.05) is 22.2 Å². The van der Waals surface area contributed by atoms with E-state index in [0.717, 1.165) is 17.3 Å². The van der Waals surface area contributed by atoms with E-state index in [1.165, 1.54) is 24.4 Å². The Morgan fingerprint density at radius 2 is 2.14 bits per heavy atom. The van der Waals surface area contributed by atoms with Gasteiger partial charge in [-0.15, -0.1) is 5.10 Å². The quantitative estimate of drug-likeness (QED) is 0.512. The third-order valence-electron chi connectivity index (χ3n) is 3.80. The highest BCUT2D eigenvalue weighted by molar-refractivity contribution is 8.15. The van der Waals surface area contributed by atoms with Crippen molar-refractivity contribution in [1.82, 2.24) is 5.32 Å². The zero-order valence-corrected chi connectivity index (χ0v) is 16.4. The molecule has 150 valence electrons. The van der Waals surface area contributed by atoms with E-state index < -0.39 is 22.9 Å². The number of aliphatic carboxylic acids is 1. The van der Waals surface area contributed by atoms with Crippen LogP contribution in [-0.2, 0) is 16.2 Å². The summed E-state index contributed by atoms with van der Waals surface area (Å²) in [7, 11) is 0. The van der Waals surface area contributed by atoms with E-state index in [9.17, 15) is 14.0 Å². The molecule has 2 aromatic rings. The third-order valence-corrected chi connectivity index (χ3v) is 5.24. The first-order valence-electron chi connectivity index (χ1n) is 8.38. The van der Waals surface area contributed by atoms with Crippen LogP contribution in [0.2, 0.25) is 5.02 Å². The van der Waals surface area contributed by atoms with Crippen molar-refractivity contribution in [3.63, 3.8) is 0 Å². The molecule has 10 heteroatoms.